The second-order valence-electron chi connectivity index (χ2n) is 7.16. The molecule has 1 saturated heterocycles. The van der Waals surface area contributed by atoms with E-state index in [2.05, 4.69) is 15.5 Å². The van der Waals surface area contributed by atoms with Crippen molar-refractivity contribution in [2.45, 2.75) is 64.5 Å². The van der Waals surface area contributed by atoms with Gasteiger partial charge in [-0.2, -0.15) is 0 Å². The second kappa shape index (κ2) is 7.55. The molecule has 134 valence electrons. The maximum absolute atomic E-state index is 12.4. The number of piperidine rings is 1. The minimum Gasteiger partial charge on any atom is -0.463 e. The lowest BCUT2D eigenvalue weighted by Crippen LogP contribution is -2.54. The first-order chi connectivity index (χ1) is 11.6. The molecule has 2 N–H and O–H groups in total. The summed E-state index contributed by atoms with van der Waals surface area (Å²) in [5.41, 5.74) is 1.28. The van der Waals surface area contributed by atoms with Gasteiger partial charge in [0.15, 0.2) is 0 Å². The van der Waals surface area contributed by atoms with Crippen LogP contribution in [0.4, 0.5) is 4.79 Å². The summed E-state index contributed by atoms with van der Waals surface area (Å²) in [6, 6.07) is 0.0352. The van der Waals surface area contributed by atoms with E-state index in [-0.39, 0.29) is 18.0 Å². The van der Waals surface area contributed by atoms with Gasteiger partial charge in [0.25, 0.3) is 0 Å². The third kappa shape index (κ3) is 3.58. The Morgan fingerprint density at radius 3 is 2.79 bits per heavy atom. The Bertz CT molecular complexity index is 530. The van der Waals surface area contributed by atoms with E-state index in [4.69, 9.17) is 4.74 Å². The lowest BCUT2D eigenvalue weighted by molar-refractivity contribution is -0.139. The molecule has 0 spiro atoms. The Kier molecular flexibility index (Phi) is 5.43. The molecular formula is C18H29N3O3. The normalized spacial score (nSPS) is 31.1. The number of urea groups is 1. The molecule has 24 heavy (non-hydrogen) atoms. The van der Waals surface area contributed by atoms with Crippen molar-refractivity contribution in [2.24, 2.45) is 5.92 Å². The van der Waals surface area contributed by atoms with Crippen LogP contribution in [0, 0.1) is 5.92 Å². The molecule has 2 fully saturated rings. The number of nitrogens with one attached hydrogen (secondary N) is 2. The molecule has 2 heterocycles. The van der Waals surface area contributed by atoms with Crippen molar-refractivity contribution in [2.75, 3.05) is 19.7 Å². The molecule has 2 aliphatic heterocycles. The molecule has 3 rings (SSSR count). The predicted molar refractivity (Wildman–Crippen MR) is 91.3 cm³/mol. The van der Waals surface area contributed by atoms with E-state index in [1.807, 2.05) is 6.92 Å². The van der Waals surface area contributed by atoms with Crippen LogP contribution in [-0.2, 0) is 9.53 Å². The number of fused-ring (bicyclic) bond motifs is 1. The topological polar surface area (TPSA) is 70.7 Å². The number of hydrogen-bond acceptors (Lipinski definition) is 4. The van der Waals surface area contributed by atoms with Gasteiger partial charge in [0.2, 0.25) is 0 Å². The zero-order valence-electron chi connectivity index (χ0n) is 14.8. The first-order valence-corrected chi connectivity index (χ1v) is 9.32. The molecule has 3 atom stereocenters. The summed E-state index contributed by atoms with van der Waals surface area (Å²) in [4.78, 5) is 26.7. The SMILES string of the molecule is CCOC(=O)C1=C(CN2CCCC3CCCCC32)NC(=O)NC1C. The third-order valence-electron chi connectivity index (χ3n) is 5.58. The smallest absolute Gasteiger partial charge is 0.337 e. The van der Waals surface area contributed by atoms with Crippen molar-refractivity contribution in [3.8, 4) is 0 Å². The van der Waals surface area contributed by atoms with Crippen molar-refractivity contribution < 1.29 is 14.3 Å². The molecule has 3 unspecified atom stereocenters. The number of esters is 1. The van der Waals surface area contributed by atoms with Gasteiger partial charge >= 0.3 is 12.0 Å². The van der Waals surface area contributed by atoms with Gasteiger partial charge in [-0.1, -0.05) is 12.8 Å². The fourth-order valence-corrected chi connectivity index (χ4v) is 4.53. The summed E-state index contributed by atoms with van der Waals surface area (Å²) in [5.74, 6) is 0.443. The van der Waals surface area contributed by atoms with Crippen molar-refractivity contribution in [1.29, 1.82) is 0 Å². The summed E-state index contributed by atoms with van der Waals surface area (Å²) >= 11 is 0. The predicted octanol–water partition coefficient (Wildman–Crippen LogP) is 2.16. The average molecular weight is 335 g/mol. The molecule has 0 aromatic rings. The van der Waals surface area contributed by atoms with Gasteiger partial charge in [0.1, 0.15) is 0 Å². The van der Waals surface area contributed by atoms with Gasteiger partial charge in [0.05, 0.1) is 18.2 Å². The number of amides is 2. The molecule has 6 nitrogen and oxygen atoms in total. The number of likely N-dealkylation sites (tertiary alicyclic amines) is 1. The van der Waals surface area contributed by atoms with Crippen molar-refractivity contribution in [3.05, 3.63) is 11.3 Å². The molecular weight excluding hydrogens is 306 g/mol. The quantitative estimate of drug-likeness (QED) is 0.773. The van der Waals surface area contributed by atoms with Gasteiger partial charge in [-0.15, -0.1) is 0 Å². The lowest BCUT2D eigenvalue weighted by Gasteiger charge is -2.45. The highest BCUT2D eigenvalue weighted by Crippen LogP contribution is 2.35. The molecule has 0 radical (unpaired) electrons. The number of carbonyl (C=O) groups excluding carboxylic acids is 2. The van der Waals surface area contributed by atoms with Crippen LogP contribution >= 0.6 is 0 Å². The second-order valence-corrected chi connectivity index (χ2v) is 7.16. The van der Waals surface area contributed by atoms with Crippen LogP contribution in [0.1, 0.15) is 52.4 Å². The fraction of sp³-hybridized carbons (Fsp3) is 0.778. The van der Waals surface area contributed by atoms with Gasteiger partial charge in [-0.05, 0) is 52.0 Å². The summed E-state index contributed by atoms with van der Waals surface area (Å²) in [7, 11) is 0. The third-order valence-corrected chi connectivity index (χ3v) is 5.58. The Balaban J connectivity index is 1.81. The fourth-order valence-electron chi connectivity index (χ4n) is 4.53. The number of hydrogen-bond donors (Lipinski definition) is 2. The van der Waals surface area contributed by atoms with Crippen LogP contribution in [0.25, 0.3) is 0 Å². The maximum atomic E-state index is 12.4. The number of rotatable bonds is 4. The van der Waals surface area contributed by atoms with E-state index in [0.29, 0.717) is 24.8 Å². The number of ether oxygens (including phenoxy) is 1. The van der Waals surface area contributed by atoms with E-state index >= 15 is 0 Å². The zero-order chi connectivity index (χ0) is 17.1. The van der Waals surface area contributed by atoms with Crippen LogP contribution in [0.5, 0.6) is 0 Å². The Hall–Kier alpha value is -1.56. The highest BCUT2D eigenvalue weighted by atomic mass is 16.5. The Labute approximate surface area is 144 Å². The minimum atomic E-state index is -0.329. The van der Waals surface area contributed by atoms with E-state index in [9.17, 15) is 9.59 Å². The van der Waals surface area contributed by atoms with Crippen LogP contribution < -0.4 is 10.6 Å². The van der Waals surface area contributed by atoms with Crippen LogP contribution in [0.2, 0.25) is 0 Å². The molecule has 3 aliphatic rings. The summed E-state index contributed by atoms with van der Waals surface area (Å²) < 4.78 is 5.21. The zero-order valence-corrected chi connectivity index (χ0v) is 14.8. The average Bonchev–Trinajstić information content (AvgIpc) is 2.55. The highest BCUT2D eigenvalue weighted by molar-refractivity contribution is 5.94. The number of nitrogens with zero attached hydrogens (tertiary/aromatic N) is 1. The Morgan fingerprint density at radius 1 is 1.25 bits per heavy atom. The first-order valence-electron chi connectivity index (χ1n) is 9.32. The van der Waals surface area contributed by atoms with E-state index < -0.39 is 0 Å². The van der Waals surface area contributed by atoms with Crippen molar-refractivity contribution >= 4 is 12.0 Å². The molecule has 2 amide bonds. The number of carbonyl (C=O) groups is 2. The van der Waals surface area contributed by atoms with E-state index in [0.717, 1.165) is 18.2 Å². The van der Waals surface area contributed by atoms with Crippen LogP contribution in [-0.4, -0.2) is 48.7 Å². The standard InChI is InChI=1S/C18H29N3O3/c1-3-24-17(22)16-12(2)19-18(23)20-14(16)11-21-10-6-8-13-7-4-5-9-15(13)21/h12-13,15H,3-11H2,1-2H3,(H2,19,20,23). The van der Waals surface area contributed by atoms with Crippen LogP contribution in [0.15, 0.2) is 11.3 Å². The van der Waals surface area contributed by atoms with Gasteiger partial charge in [-0.25, -0.2) is 9.59 Å². The molecule has 6 heteroatoms. The summed E-state index contributed by atoms with van der Waals surface area (Å²) in [5, 5.41) is 5.63. The maximum Gasteiger partial charge on any atom is 0.337 e. The summed E-state index contributed by atoms with van der Waals surface area (Å²) in [6.07, 6.45) is 7.68. The molecule has 1 saturated carbocycles. The molecule has 0 aromatic carbocycles. The molecule has 0 aromatic heterocycles. The minimum absolute atomic E-state index is 0.234. The Morgan fingerprint density at radius 2 is 2.00 bits per heavy atom. The monoisotopic (exact) mass is 335 g/mol. The van der Waals surface area contributed by atoms with E-state index in [1.54, 1.807) is 6.92 Å². The summed E-state index contributed by atoms with van der Waals surface area (Å²) in [6.45, 7) is 5.65. The highest BCUT2D eigenvalue weighted by Gasteiger charge is 2.36. The van der Waals surface area contributed by atoms with Gasteiger partial charge in [0, 0.05) is 18.3 Å². The lowest BCUT2D eigenvalue weighted by atomic mass is 9.78. The van der Waals surface area contributed by atoms with Gasteiger partial charge < -0.3 is 15.4 Å². The van der Waals surface area contributed by atoms with Crippen molar-refractivity contribution in [3.63, 3.8) is 0 Å². The van der Waals surface area contributed by atoms with Crippen molar-refractivity contribution in [1.82, 2.24) is 15.5 Å². The van der Waals surface area contributed by atoms with Gasteiger partial charge in [-0.3, -0.25) is 4.90 Å². The van der Waals surface area contributed by atoms with Crippen LogP contribution in [0.3, 0.4) is 0 Å². The molecule has 0 bridgehead atoms. The van der Waals surface area contributed by atoms with E-state index in [1.165, 1.54) is 38.5 Å². The molecule has 1 aliphatic carbocycles. The largest absolute Gasteiger partial charge is 0.463 e. The first kappa shape index (κ1) is 17.3.